The van der Waals surface area contributed by atoms with Gasteiger partial charge in [0.1, 0.15) is 5.58 Å². The maximum Gasteiger partial charge on any atom is 0.129 e. The van der Waals surface area contributed by atoms with E-state index < -0.39 is 11.8 Å². The first-order valence-electron chi connectivity index (χ1n) is 15.1. The van der Waals surface area contributed by atoms with Gasteiger partial charge < -0.3 is 14.4 Å². The summed E-state index contributed by atoms with van der Waals surface area (Å²) in [6.45, 7) is 12.0. The Morgan fingerprint density at radius 1 is 0.837 bits per heavy atom. The van der Waals surface area contributed by atoms with Crippen molar-refractivity contribution in [3.8, 4) is 22.5 Å². The molecule has 1 radical (unpaired) electrons. The fraction of sp³-hybridized carbons (Fsp3) is 0.211. The second-order valence-corrected chi connectivity index (χ2v) is 12.7. The van der Waals surface area contributed by atoms with Gasteiger partial charge in [0.15, 0.2) is 0 Å². The van der Waals surface area contributed by atoms with Crippen LogP contribution in [0.4, 0.5) is 0 Å². The molecule has 0 spiro atoms. The van der Waals surface area contributed by atoms with E-state index in [0.717, 1.165) is 44.1 Å². The largest absolute Gasteiger partial charge is 0.500 e. The molecule has 0 aliphatic carbocycles. The molecule has 0 bridgehead atoms. The smallest absolute Gasteiger partial charge is 0.129 e. The normalized spacial score (nSPS) is 12.4. The first-order chi connectivity index (χ1) is 20.9. The summed E-state index contributed by atoms with van der Waals surface area (Å²) in [5.41, 5.74) is 8.89. The average molecular weight is 761 g/mol. The summed E-state index contributed by atoms with van der Waals surface area (Å²) in [6.07, 6.45) is 2.09. The molecule has 3 nitrogen and oxygen atoms in total. The predicted octanol–water partition coefficient (Wildman–Crippen LogP) is 10.7. The second-order valence-electron chi connectivity index (χ2n) is 11.7. The Morgan fingerprint density at radius 2 is 1.65 bits per heavy atom. The van der Waals surface area contributed by atoms with E-state index in [-0.39, 0.29) is 20.1 Å². The van der Waals surface area contributed by atoms with Crippen LogP contribution in [0.25, 0.3) is 54.5 Å². The molecule has 0 aliphatic rings. The van der Waals surface area contributed by atoms with Gasteiger partial charge in [-0.1, -0.05) is 68.0 Å². The van der Waals surface area contributed by atoms with Crippen LogP contribution in [0.15, 0.2) is 88.9 Å². The number of hydrogen-bond donors (Lipinski definition) is 0. The molecule has 3 aromatic carbocycles. The van der Waals surface area contributed by atoms with Gasteiger partial charge in [0.25, 0.3) is 0 Å². The molecule has 0 saturated carbocycles. The molecule has 43 heavy (non-hydrogen) atoms. The third-order valence-electron chi connectivity index (χ3n) is 7.18. The number of aromatic nitrogens is 2. The Hall–Kier alpha value is -3.63. The van der Waals surface area contributed by atoms with Gasteiger partial charge in [-0.2, -0.15) is 0 Å². The van der Waals surface area contributed by atoms with E-state index in [9.17, 15) is 0 Å². The zero-order valence-electron chi connectivity index (χ0n) is 27.1. The summed E-state index contributed by atoms with van der Waals surface area (Å²) in [5, 5.41) is 5.28. The summed E-state index contributed by atoms with van der Waals surface area (Å²) < 4.78 is 24.8. The average Bonchev–Trinajstić information content (AvgIpc) is 3.64. The number of fused-ring (bicyclic) bond motifs is 5. The first kappa shape index (κ1) is 28.2. The Bertz CT molecular complexity index is 2120. The van der Waals surface area contributed by atoms with Gasteiger partial charge in [-0.15, -0.1) is 64.9 Å². The maximum absolute atomic E-state index is 8.61. The van der Waals surface area contributed by atoms with Crippen LogP contribution in [0.5, 0.6) is 0 Å². The summed E-state index contributed by atoms with van der Waals surface area (Å²) in [6, 6.07) is 28.6. The van der Waals surface area contributed by atoms with Crippen molar-refractivity contribution < 1.29 is 27.3 Å². The molecule has 5 heteroatoms. The molecule has 219 valence electrons. The Kier molecular flexibility index (Phi) is 8.21. The minimum Gasteiger partial charge on any atom is -0.500 e. The molecule has 0 atom stereocenters. The third-order valence-corrected chi connectivity index (χ3v) is 8.06. The summed E-state index contributed by atoms with van der Waals surface area (Å²) in [4.78, 5) is 8.93. The van der Waals surface area contributed by atoms with Crippen molar-refractivity contribution in [1.82, 2.24) is 9.97 Å². The molecular formula is C38H34IrN2OS-2. The van der Waals surface area contributed by atoms with Crippen LogP contribution in [0.3, 0.4) is 0 Å². The molecule has 0 saturated heterocycles. The van der Waals surface area contributed by atoms with Crippen LogP contribution < -0.4 is 0 Å². The van der Waals surface area contributed by atoms with Gasteiger partial charge in [0, 0.05) is 50.7 Å². The predicted molar refractivity (Wildman–Crippen MR) is 177 cm³/mol. The first-order valence-corrected chi connectivity index (χ1v) is 14.9. The van der Waals surface area contributed by atoms with Crippen molar-refractivity contribution in [2.75, 3.05) is 0 Å². The van der Waals surface area contributed by atoms with Gasteiger partial charge in [-0.05, 0) is 66.2 Å². The molecule has 0 fully saturated rings. The van der Waals surface area contributed by atoms with Crippen molar-refractivity contribution in [2.24, 2.45) is 5.41 Å². The number of pyridine rings is 2. The van der Waals surface area contributed by atoms with Crippen LogP contribution in [-0.2, 0) is 26.5 Å². The quantitative estimate of drug-likeness (QED) is 0.168. The number of benzene rings is 3. The second kappa shape index (κ2) is 12.5. The molecule has 4 heterocycles. The monoisotopic (exact) mass is 761 g/mol. The summed E-state index contributed by atoms with van der Waals surface area (Å²) in [5.74, 6) is 0. The standard InChI is InChI=1S/C24H20NOS.C14H14N.Ir/c1-24(2,3)14-15-9-11-25-20(13-15)18-6-4-5-16-17-7-8-21-19(10-12-27-21)23(17)26-22(16)18;1-10-4-6-13(7-5-10)14-8-11(2)12(3)9-15-14;/h4-5,7-13H,14H2,1-3H3;4-6,8-9H,1-3H3;/q2*-1;/i14D2;;. The third kappa shape index (κ3) is 6.65. The molecular weight excluding hydrogens is 725 g/mol. The van der Waals surface area contributed by atoms with Crippen molar-refractivity contribution in [3.63, 3.8) is 0 Å². The van der Waals surface area contributed by atoms with Crippen molar-refractivity contribution >= 4 is 43.4 Å². The number of rotatable bonds is 3. The van der Waals surface area contributed by atoms with Gasteiger partial charge in [0.05, 0.1) is 5.58 Å². The minimum absolute atomic E-state index is 0. The van der Waals surface area contributed by atoms with Crippen molar-refractivity contribution in [1.29, 1.82) is 0 Å². The summed E-state index contributed by atoms with van der Waals surface area (Å²) in [7, 11) is 0. The van der Waals surface area contributed by atoms with E-state index >= 15 is 0 Å². The van der Waals surface area contributed by atoms with Gasteiger partial charge >= 0.3 is 0 Å². The topological polar surface area (TPSA) is 38.9 Å². The van der Waals surface area contributed by atoms with Crippen LogP contribution in [0, 0.1) is 38.3 Å². The zero-order valence-corrected chi connectivity index (χ0v) is 28.3. The molecule has 7 aromatic rings. The number of nitrogens with zero attached hydrogens (tertiary/aromatic N) is 2. The van der Waals surface area contributed by atoms with Crippen LogP contribution in [0.1, 0.15) is 45.8 Å². The van der Waals surface area contributed by atoms with Gasteiger partial charge in [-0.25, -0.2) is 0 Å². The Labute approximate surface area is 274 Å². The van der Waals surface area contributed by atoms with Crippen LogP contribution in [0.2, 0.25) is 0 Å². The van der Waals surface area contributed by atoms with E-state index in [0.29, 0.717) is 11.3 Å². The molecule has 0 aliphatic heterocycles. The maximum atomic E-state index is 8.61. The fourth-order valence-corrected chi connectivity index (χ4v) is 5.73. The minimum atomic E-state index is -1.49. The fourth-order valence-electron chi connectivity index (χ4n) is 4.95. The molecule has 4 aromatic heterocycles. The van der Waals surface area contributed by atoms with E-state index in [1.165, 1.54) is 21.4 Å². The van der Waals surface area contributed by atoms with E-state index in [1.807, 2.05) is 51.2 Å². The van der Waals surface area contributed by atoms with Crippen molar-refractivity contribution in [3.05, 3.63) is 119 Å². The molecule has 7 rings (SSSR count). The molecule has 0 amide bonds. The van der Waals surface area contributed by atoms with Crippen LogP contribution >= 0.6 is 11.3 Å². The summed E-state index contributed by atoms with van der Waals surface area (Å²) >= 11 is 1.70. The van der Waals surface area contributed by atoms with E-state index in [4.69, 9.17) is 7.16 Å². The Balaban J connectivity index is 0.000000212. The van der Waals surface area contributed by atoms with Gasteiger partial charge in [0.2, 0.25) is 0 Å². The molecule has 0 N–H and O–H groups in total. The van der Waals surface area contributed by atoms with E-state index in [2.05, 4.69) is 84.7 Å². The number of thiophene rings is 1. The number of hydrogen-bond acceptors (Lipinski definition) is 4. The van der Waals surface area contributed by atoms with E-state index in [1.54, 1.807) is 23.6 Å². The Morgan fingerprint density at radius 3 is 2.40 bits per heavy atom. The number of aryl methyl sites for hydroxylation is 3. The SMILES string of the molecule is Cc1c[c-]c(-c2cc(C)c(C)cn2)cc1.[2H]C([2H])(c1ccnc(-c2[c-]ccc3c2oc2c4ccsc4ccc32)c1)C(C)(C)C.[Ir]. The number of furan rings is 1. The van der Waals surface area contributed by atoms with Crippen LogP contribution in [-0.4, -0.2) is 9.97 Å². The van der Waals surface area contributed by atoms with Gasteiger partial charge in [-0.3, -0.25) is 0 Å². The zero-order chi connectivity index (χ0) is 31.2. The van der Waals surface area contributed by atoms with Crippen molar-refractivity contribution in [2.45, 2.75) is 47.9 Å². The molecule has 0 unspecified atom stereocenters.